The zero-order chi connectivity index (χ0) is 56.6. The van der Waals surface area contributed by atoms with E-state index in [2.05, 4.69) is 203 Å². The van der Waals surface area contributed by atoms with Gasteiger partial charge in [0.25, 0.3) is 0 Å². The van der Waals surface area contributed by atoms with Gasteiger partial charge >= 0.3 is 7.60 Å². The fourth-order valence-corrected chi connectivity index (χ4v) is 11.3. The van der Waals surface area contributed by atoms with Crippen LogP contribution in [0.25, 0.3) is 50.7 Å². The number of fused-ring (bicyclic) bond motifs is 2. The van der Waals surface area contributed by atoms with Gasteiger partial charge in [0.15, 0.2) is 12.0 Å². The maximum atomic E-state index is 12.5. The standard InChI is InChI=1S/C56H38N4.C14H15N2O4P/c1-58-54-39-45(32-26-41-28-34-50(35-29-41)59(48-18-4-2-5-19-48)55-24-12-16-43-14-8-10-22-52(43)55)47(40-57)38-46(54)33-27-42-30-36-51(37-31-42)60(49-20-6-3-7-21-49)56-25-13-17-44-15-9-11-23-53(44)56;1-3-19-21(18,20-4-2)10-14-6-11(7-15)13(9-17)5-12(14)8-16/h2-39H;5-6,9H,3-4,10H2,1-2H3/b32-26+,33-27+;. The Morgan fingerprint density at radius 2 is 0.901 bits per heavy atom. The molecule has 10 nitrogen and oxygen atoms in total. The van der Waals surface area contributed by atoms with Crippen molar-refractivity contribution in [3.63, 3.8) is 0 Å². The minimum Gasteiger partial charge on any atom is -0.310 e. The second kappa shape index (κ2) is 26.3. The Morgan fingerprint density at radius 3 is 1.36 bits per heavy atom. The Balaban J connectivity index is 0.000000319. The number of nitriles is 3. The Hall–Kier alpha value is -10.4. The van der Waals surface area contributed by atoms with Gasteiger partial charge in [-0.3, -0.25) is 9.36 Å². The zero-order valence-electron chi connectivity index (χ0n) is 44.6. The van der Waals surface area contributed by atoms with Crippen molar-refractivity contribution in [3.8, 4) is 18.2 Å². The molecule has 0 aliphatic carbocycles. The molecule has 0 saturated heterocycles. The Labute approximate surface area is 472 Å². The van der Waals surface area contributed by atoms with Crippen LogP contribution in [-0.4, -0.2) is 19.5 Å². The molecule has 81 heavy (non-hydrogen) atoms. The Kier molecular flexibility index (Phi) is 18.0. The SMILES string of the molecule is CCOP(=O)(Cc1cc(C#N)c(C=O)cc1C#N)OCC.[C-]#[N+]c1cc(/C=C/c2ccc(N(c3ccccc3)c3cccc4ccccc34)cc2)c(C#N)cc1/C=C/c1ccc(N(c2ccccc2)c2cccc3ccccc23)cc1. The molecule has 10 aromatic carbocycles. The number of benzene rings is 10. The molecule has 10 rings (SSSR count). The summed E-state index contributed by atoms with van der Waals surface area (Å²) in [6.07, 6.45) is 8.21. The number of rotatable bonds is 17. The minimum atomic E-state index is -3.38. The van der Waals surface area contributed by atoms with Gasteiger partial charge in [-0.1, -0.05) is 158 Å². The van der Waals surface area contributed by atoms with E-state index in [0.29, 0.717) is 34.2 Å². The van der Waals surface area contributed by atoms with E-state index >= 15 is 0 Å². The number of nitrogens with zero attached hydrogens (tertiary/aromatic N) is 6. The van der Waals surface area contributed by atoms with Crippen LogP contribution < -0.4 is 9.80 Å². The van der Waals surface area contributed by atoms with Crippen molar-refractivity contribution in [1.82, 2.24) is 0 Å². The normalized spacial score (nSPS) is 11.0. The van der Waals surface area contributed by atoms with Gasteiger partial charge < -0.3 is 18.8 Å². The van der Waals surface area contributed by atoms with Crippen LogP contribution in [0, 0.1) is 40.6 Å². The topological polar surface area (TPSA) is 135 Å². The Morgan fingerprint density at radius 1 is 0.481 bits per heavy atom. The van der Waals surface area contributed by atoms with E-state index in [1.165, 1.54) is 33.7 Å². The van der Waals surface area contributed by atoms with E-state index in [1.807, 2.05) is 48.6 Å². The van der Waals surface area contributed by atoms with E-state index in [9.17, 15) is 14.6 Å². The molecule has 0 unspecified atom stereocenters. The van der Waals surface area contributed by atoms with Crippen molar-refractivity contribution in [3.05, 3.63) is 280 Å². The first kappa shape index (κ1) is 55.3. The first-order valence-electron chi connectivity index (χ1n) is 26.2. The third kappa shape index (κ3) is 13.0. The van der Waals surface area contributed by atoms with Gasteiger partial charge in [0.05, 0.1) is 72.2 Å². The van der Waals surface area contributed by atoms with E-state index in [1.54, 1.807) is 26.0 Å². The molecule has 11 heteroatoms. The predicted molar refractivity (Wildman–Crippen MR) is 328 cm³/mol. The summed E-state index contributed by atoms with van der Waals surface area (Å²) in [6, 6.07) is 79.7. The molecule has 0 heterocycles. The summed E-state index contributed by atoms with van der Waals surface area (Å²) in [6.45, 7) is 11.8. The van der Waals surface area contributed by atoms with Crippen LogP contribution >= 0.6 is 7.60 Å². The highest BCUT2D eigenvalue weighted by atomic mass is 31.2. The summed E-state index contributed by atoms with van der Waals surface area (Å²) >= 11 is 0. The number of carbonyl (C=O) groups is 1. The summed E-state index contributed by atoms with van der Waals surface area (Å²) in [4.78, 5) is 19.3. The number of hydrogen-bond acceptors (Lipinski definition) is 9. The molecule has 0 aromatic heterocycles. The first-order valence-corrected chi connectivity index (χ1v) is 27.9. The van der Waals surface area contributed by atoms with Crippen molar-refractivity contribution >= 4 is 99.5 Å². The van der Waals surface area contributed by atoms with Gasteiger partial charge in [0, 0.05) is 39.1 Å². The molecule has 0 amide bonds. The molecule has 0 aliphatic heterocycles. The lowest BCUT2D eigenvalue weighted by Crippen LogP contribution is -2.10. The molecule has 0 aliphatic rings. The molecule has 10 aromatic rings. The van der Waals surface area contributed by atoms with Crippen LogP contribution in [0.5, 0.6) is 0 Å². The molecule has 0 atom stereocenters. The van der Waals surface area contributed by atoms with E-state index in [4.69, 9.17) is 26.1 Å². The maximum absolute atomic E-state index is 12.5. The molecule has 0 bridgehead atoms. The van der Waals surface area contributed by atoms with Crippen LogP contribution in [0.3, 0.4) is 0 Å². The van der Waals surface area contributed by atoms with Crippen LogP contribution in [0.15, 0.2) is 218 Å². The third-order valence-corrected chi connectivity index (χ3v) is 15.4. The number of aldehydes is 1. The predicted octanol–water partition coefficient (Wildman–Crippen LogP) is 18.7. The molecule has 0 spiro atoms. The molecular formula is C70H53N6O4P. The smallest absolute Gasteiger partial charge is 0.310 e. The average molecular weight is 1070 g/mol. The molecule has 0 N–H and O–H groups in total. The summed E-state index contributed by atoms with van der Waals surface area (Å²) in [5.74, 6) is 0. The zero-order valence-corrected chi connectivity index (χ0v) is 45.5. The summed E-state index contributed by atoms with van der Waals surface area (Å²) in [5.41, 5.74) is 11.6. The Bertz CT molecular complexity index is 3940. The van der Waals surface area contributed by atoms with Crippen LogP contribution in [0.4, 0.5) is 39.8 Å². The number of anilines is 6. The van der Waals surface area contributed by atoms with Gasteiger partial charge in [-0.25, -0.2) is 4.85 Å². The first-order chi connectivity index (χ1) is 39.7. The van der Waals surface area contributed by atoms with E-state index in [-0.39, 0.29) is 36.1 Å². The quantitative estimate of drug-likeness (QED) is 0.0378. The molecule has 0 saturated carbocycles. The van der Waals surface area contributed by atoms with Crippen molar-refractivity contribution in [2.45, 2.75) is 20.0 Å². The third-order valence-electron chi connectivity index (χ3n) is 13.4. The lowest BCUT2D eigenvalue weighted by atomic mass is 10.0. The van der Waals surface area contributed by atoms with Gasteiger partial charge in [-0.2, -0.15) is 15.8 Å². The van der Waals surface area contributed by atoms with Crippen LogP contribution in [-0.2, 0) is 19.8 Å². The lowest BCUT2D eigenvalue weighted by Gasteiger charge is -2.27. The number of hydrogen-bond donors (Lipinski definition) is 0. The van der Waals surface area contributed by atoms with Crippen molar-refractivity contribution < 1.29 is 18.4 Å². The second-order valence-corrected chi connectivity index (χ2v) is 20.5. The largest absolute Gasteiger partial charge is 0.335 e. The summed E-state index contributed by atoms with van der Waals surface area (Å²) in [7, 11) is -3.38. The van der Waals surface area contributed by atoms with Gasteiger partial charge in [0.2, 0.25) is 0 Å². The number of carbonyl (C=O) groups excluding carboxylic acids is 1. The van der Waals surface area contributed by atoms with E-state index < -0.39 is 7.60 Å². The van der Waals surface area contributed by atoms with Gasteiger partial charge in [-0.15, -0.1) is 0 Å². The fourth-order valence-electron chi connectivity index (χ4n) is 9.56. The maximum Gasteiger partial charge on any atom is 0.335 e. The monoisotopic (exact) mass is 1070 g/mol. The summed E-state index contributed by atoms with van der Waals surface area (Å²) in [5, 5.41) is 33.1. The van der Waals surface area contributed by atoms with Gasteiger partial charge in [-0.05, 0) is 137 Å². The highest BCUT2D eigenvalue weighted by Gasteiger charge is 2.27. The number of para-hydroxylation sites is 2. The van der Waals surface area contributed by atoms with Crippen molar-refractivity contribution in [1.29, 1.82) is 15.8 Å². The molecule has 392 valence electrons. The summed E-state index contributed by atoms with van der Waals surface area (Å²) < 4.78 is 22.8. The minimum absolute atomic E-state index is 0.120. The highest BCUT2D eigenvalue weighted by molar-refractivity contribution is 7.53. The van der Waals surface area contributed by atoms with E-state index in [0.717, 1.165) is 45.3 Å². The molecular weight excluding hydrogens is 1020 g/mol. The molecule has 0 fully saturated rings. The second-order valence-electron chi connectivity index (χ2n) is 18.5. The fraction of sp³-hybridized carbons (Fsp3) is 0.0714. The average Bonchev–Trinajstić information content (AvgIpc) is 3.68. The van der Waals surface area contributed by atoms with Crippen molar-refractivity contribution in [2.24, 2.45) is 0 Å². The lowest BCUT2D eigenvalue weighted by molar-refractivity contribution is 0.112. The highest BCUT2D eigenvalue weighted by Crippen LogP contribution is 2.52. The van der Waals surface area contributed by atoms with Crippen LogP contribution in [0.1, 0.15) is 68.7 Å². The van der Waals surface area contributed by atoms with Crippen LogP contribution in [0.2, 0.25) is 0 Å². The molecule has 0 radical (unpaired) electrons. The van der Waals surface area contributed by atoms with Crippen molar-refractivity contribution in [2.75, 3.05) is 23.0 Å². The van der Waals surface area contributed by atoms with Gasteiger partial charge in [0.1, 0.15) is 0 Å².